The molecule has 112 valence electrons. The lowest BCUT2D eigenvalue weighted by atomic mass is 10.1. The van der Waals surface area contributed by atoms with E-state index in [-0.39, 0.29) is 6.03 Å². The highest BCUT2D eigenvalue weighted by Gasteiger charge is 2.18. The Kier molecular flexibility index (Phi) is 3.87. The number of hydrogen-bond acceptors (Lipinski definition) is 4. The first-order chi connectivity index (χ1) is 10.2. The van der Waals surface area contributed by atoms with E-state index in [0.29, 0.717) is 17.4 Å². The Morgan fingerprint density at radius 2 is 2.38 bits per heavy atom. The van der Waals surface area contributed by atoms with E-state index in [2.05, 4.69) is 20.8 Å². The maximum absolute atomic E-state index is 12.0. The molecule has 2 aromatic rings. The van der Waals surface area contributed by atoms with Gasteiger partial charge in [0.15, 0.2) is 0 Å². The van der Waals surface area contributed by atoms with Gasteiger partial charge in [0.05, 0.1) is 24.7 Å². The van der Waals surface area contributed by atoms with Crippen LogP contribution in [0.1, 0.15) is 6.42 Å². The molecule has 3 rings (SSSR count). The lowest BCUT2D eigenvalue weighted by Gasteiger charge is -2.12. The van der Waals surface area contributed by atoms with E-state index in [1.54, 1.807) is 41.1 Å². The second kappa shape index (κ2) is 5.96. The van der Waals surface area contributed by atoms with Gasteiger partial charge < -0.3 is 10.1 Å². The van der Waals surface area contributed by atoms with Crippen LogP contribution in [-0.4, -0.2) is 38.8 Å². The van der Waals surface area contributed by atoms with Gasteiger partial charge in [-0.3, -0.25) is 10.00 Å². The summed E-state index contributed by atoms with van der Waals surface area (Å²) in [5.41, 5.74) is 0.644. The molecule has 2 amide bonds. The van der Waals surface area contributed by atoms with Gasteiger partial charge in [-0.2, -0.15) is 10.2 Å². The number of nitrogens with zero attached hydrogens (tertiary/aromatic N) is 4. The molecule has 0 bridgehead atoms. The van der Waals surface area contributed by atoms with E-state index < -0.39 is 0 Å². The van der Waals surface area contributed by atoms with Gasteiger partial charge in [0, 0.05) is 38.4 Å². The summed E-state index contributed by atoms with van der Waals surface area (Å²) in [6.45, 7) is 2.30. The Morgan fingerprint density at radius 1 is 1.48 bits per heavy atom. The van der Waals surface area contributed by atoms with E-state index in [4.69, 9.17) is 4.74 Å². The molecule has 1 fully saturated rings. The van der Waals surface area contributed by atoms with E-state index in [0.717, 1.165) is 26.2 Å². The molecule has 8 nitrogen and oxygen atoms in total. The third-order valence-electron chi connectivity index (χ3n) is 3.38. The molecule has 21 heavy (non-hydrogen) atoms. The van der Waals surface area contributed by atoms with Gasteiger partial charge >= 0.3 is 6.03 Å². The van der Waals surface area contributed by atoms with Crippen molar-refractivity contribution in [1.29, 1.82) is 0 Å². The fourth-order valence-corrected chi connectivity index (χ4v) is 2.32. The Bertz CT molecular complexity index is 614. The largest absolute Gasteiger partial charge is 0.381 e. The molecule has 1 atom stereocenters. The van der Waals surface area contributed by atoms with Gasteiger partial charge in [0.25, 0.3) is 0 Å². The summed E-state index contributed by atoms with van der Waals surface area (Å²) < 4.78 is 8.78. The van der Waals surface area contributed by atoms with Crippen molar-refractivity contribution in [3.8, 4) is 0 Å². The van der Waals surface area contributed by atoms with Crippen LogP contribution in [0.2, 0.25) is 0 Å². The van der Waals surface area contributed by atoms with Crippen LogP contribution in [0, 0.1) is 5.92 Å². The van der Waals surface area contributed by atoms with Crippen molar-refractivity contribution in [2.24, 2.45) is 13.0 Å². The standard InChI is InChI=1S/C13H18N6O2/c1-18-8-11(6-15-18)16-13(20)17-12-2-4-14-19(12)7-10-3-5-21-9-10/h2,4,6,8,10H,3,5,7,9H2,1H3,(H2,16,17,20). The first-order valence-electron chi connectivity index (χ1n) is 6.87. The average Bonchev–Trinajstić information content (AvgIpc) is 3.15. The van der Waals surface area contributed by atoms with E-state index in [1.165, 1.54) is 0 Å². The summed E-state index contributed by atoms with van der Waals surface area (Å²) >= 11 is 0. The molecule has 8 heteroatoms. The molecule has 0 saturated carbocycles. The molecular formula is C13H18N6O2. The summed E-state index contributed by atoms with van der Waals surface area (Å²) in [7, 11) is 1.79. The fourth-order valence-electron chi connectivity index (χ4n) is 2.32. The highest BCUT2D eigenvalue weighted by atomic mass is 16.5. The van der Waals surface area contributed by atoms with Crippen LogP contribution >= 0.6 is 0 Å². The third-order valence-corrected chi connectivity index (χ3v) is 3.38. The zero-order valence-electron chi connectivity index (χ0n) is 11.8. The second-order valence-electron chi connectivity index (χ2n) is 5.11. The molecule has 3 heterocycles. The minimum absolute atomic E-state index is 0.313. The molecular weight excluding hydrogens is 272 g/mol. The molecule has 2 aromatic heterocycles. The fraction of sp³-hybridized carbons (Fsp3) is 0.462. The number of ether oxygens (including phenoxy) is 1. The number of aromatic nitrogens is 4. The summed E-state index contributed by atoms with van der Waals surface area (Å²) in [5.74, 6) is 1.12. The van der Waals surface area contributed by atoms with Gasteiger partial charge in [-0.1, -0.05) is 0 Å². The second-order valence-corrected chi connectivity index (χ2v) is 5.11. The Morgan fingerprint density at radius 3 is 3.10 bits per heavy atom. The van der Waals surface area contributed by atoms with Crippen molar-refractivity contribution in [2.45, 2.75) is 13.0 Å². The molecule has 0 spiro atoms. The first kappa shape index (κ1) is 13.6. The van der Waals surface area contributed by atoms with Gasteiger partial charge in [-0.15, -0.1) is 0 Å². The van der Waals surface area contributed by atoms with Crippen LogP contribution in [0.4, 0.5) is 16.3 Å². The van der Waals surface area contributed by atoms with Crippen LogP contribution in [0.3, 0.4) is 0 Å². The Hall–Kier alpha value is -2.35. The predicted octanol–water partition coefficient (Wildman–Crippen LogP) is 1.30. The number of carbonyl (C=O) groups excluding carboxylic acids is 1. The van der Waals surface area contributed by atoms with Gasteiger partial charge in [0.1, 0.15) is 5.82 Å². The van der Waals surface area contributed by atoms with Gasteiger partial charge in [-0.05, 0) is 6.42 Å². The van der Waals surface area contributed by atoms with Crippen LogP contribution < -0.4 is 10.6 Å². The molecule has 0 aromatic carbocycles. The summed E-state index contributed by atoms with van der Waals surface area (Å²) in [6, 6.07) is 1.46. The summed E-state index contributed by atoms with van der Waals surface area (Å²) in [6.07, 6.45) is 6.02. The molecule has 0 aliphatic carbocycles. The number of anilines is 2. The van der Waals surface area contributed by atoms with Crippen LogP contribution in [0.25, 0.3) is 0 Å². The quantitative estimate of drug-likeness (QED) is 0.888. The molecule has 1 aliphatic rings. The maximum atomic E-state index is 12.0. The van der Waals surface area contributed by atoms with Crippen LogP contribution in [0.15, 0.2) is 24.7 Å². The van der Waals surface area contributed by atoms with Gasteiger partial charge in [-0.25, -0.2) is 9.48 Å². The van der Waals surface area contributed by atoms with Crippen molar-refractivity contribution in [3.63, 3.8) is 0 Å². The average molecular weight is 290 g/mol. The number of hydrogen-bond donors (Lipinski definition) is 2. The maximum Gasteiger partial charge on any atom is 0.324 e. The molecule has 1 aliphatic heterocycles. The normalized spacial score (nSPS) is 17.9. The molecule has 0 radical (unpaired) electrons. The lowest BCUT2D eigenvalue weighted by molar-refractivity contribution is 0.181. The van der Waals surface area contributed by atoms with Crippen molar-refractivity contribution < 1.29 is 9.53 Å². The Balaban J connectivity index is 1.59. The minimum atomic E-state index is -0.313. The topological polar surface area (TPSA) is 86.0 Å². The number of urea groups is 1. The molecule has 2 N–H and O–H groups in total. The Labute approximate surface area is 122 Å². The van der Waals surface area contributed by atoms with E-state index in [1.807, 2.05) is 0 Å². The van der Waals surface area contributed by atoms with Crippen LogP contribution in [0.5, 0.6) is 0 Å². The third kappa shape index (κ3) is 3.40. The highest BCUT2D eigenvalue weighted by Crippen LogP contribution is 2.17. The van der Waals surface area contributed by atoms with Crippen molar-refractivity contribution >= 4 is 17.5 Å². The number of rotatable bonds is 4. The number of carbonyl (C=O) groups is 1. The molecule has 1 saturated heterocycles. The monoisotopic (exact) mass is 290 g/mol. The zero-order valence-corrected chi connectivity index (χ0v) is 11.8. The van der Waals surface area contributed by atoms with Gasteiger partial charge in [0.2, 0.25) is 0 Å². The number of nitrogens with one attached hydrogen (secondary N) is 2. The van der Waals surface area contributed by atoms with Crippen LogP contribution in [-0.2, 0) is 18.3 Å². The van der Waals surface area contributed by atoms with E-state index >= 15 is 0 Å². The van der Waals surface area contributed by atoms with Crippen molar-refractivity contribution in [3.05, 3.63) is 24.7 Å². The lowest BCUT2D eigenvalue weighted by Crippen LogP contribution is -2.22. The number of aryl methyl sites for hydroxylation is 1. The van der Waals surface area contributed by atoms with Crippen molar-refractivity contribution in [2.75, 3.05) is 23.8 Å². The van der Waals surface area contributed by atoms with E-state index in [9.17, 15) is 4.79 Å². The SMILES string of the molecule is Cn1cc(NC(=O)Nc2ccnn2CC2CCOC2)cn1. The zero-order chi connectivity index (χ0) is 14.7. The predicted molar refractivity (Wildman–Crippen MR) is 77.0 cm³/mol. The van der Waals surface area contributed by atoms with Crippen molar-refractivity contribution in [1.82, 2.24) is 19.6 Å². The number of amides is 2. The summed E-state index contributed by atoms with van der Waals surface area (Å²) in [4.78, 5) is 12.0. The smallest absolute Gasteiger partial charge is 0.324 e. The summed E-state index contributed by atoms with van der Waals surface area (Å²) in [5, 5.41) is 13.8. The highest BCUT2D eigenvalue weighted by molar-refractivity contribution is 5.98. The first-order valence-corrected chi connectivity index (χ1v) is 6.87. The minimum Gasteiger partial charge on any atom is -0.381 e. The molecule has 1 unspecified atom stereocenters.